The van der Waals surface area contributed by atoms with Gasteiger partial charge in [-0.05, 0) is 38.6 Å². The first-order chi connectivity index (χ1) is 9.31. The highest BCUT2D eigenvalue weighted by Gasteiger charge is 2.21. The lowest BCUT2D eigenvalue weighted by molar-refractivity contribution is -0.128. The van der Waals surface area contributed by atoms with Gasteiger partial charge in [0.2, 0.25) is 11.8 Å². The summed E-state index contributed by atoms with van der Waals surface area (Å²) >= 11 is 0. The van der Waals surface area contributed by atoms with Gasteiger partial charge in [0.15, 0.2) is 0 Å². The minimum Gasteiger partial charge on any atom is -0.368 e. The van der Waals surface area contributed by atoms with Crippen molar-refractivity contribution in [2.24, 2.45) is 5.73 Å². The lowest BCUT2D eigenvalue weighted by atomic mass is 10.1. The molecule has 0 aliphatic rings. The molecule has 110 valence electrons. The summed E-state index contributed by atoms with van der Waals surface area (Å²) in [4.78, 5) is 25.1. The lowest BCUT2D eigenvalue weighted by Gasteiger charge is -2.22. The number of nitrogens with two attached hydrogens (primary N) is 1. The van der Waals surface area contributed by atoms with E-state index >= 15 is 0 Å². The van der Waals surface area contributed by atoms with Crippen LogP contribution in [0.15, 0.2) is 24.3 Å². The zero-order chi connectivity index (χ0) is 15.3. The minimum absolute atomic E-state index is 0.155. The molecular formula is C14H20FN3O2. The number of halogens is 1. The van der Waals surface area contributed by atoms with E-state index < -0.39 is 17.8 Å². The molecule has 2 amide bonds. The van der Waals surface area contributed by atoms with E-state index in [1.807, 2.05) is 18.7 Å². The topological polar surface area (TPSA) is 75.4 Å². The summed E-state index contributed by atoms with van der Waals surface area (Å²) in [5, 5.41) is 2.56. The van der Waals surface area contributed by atoms with Crippen LogP contribution in [0.3, 0.4) is 0 Å². The summed E-state index contributed by atoms with van der Waals surface area (Å²) in [7, 11) is 1.81. The molecule has 1 rings (SSSR count). The van der Waals surface area contributed by atoms with Crippen LogP contribution in [0.4, 0.5) is 4.39 Å². The average Bonchev–Trinajstić information content (AvgIpc) is 2.36. The molecular weight excluding hydrogens is 261 g/mol. The number of amides is 2. The maximum Gasteiger partial charge on any atom is 0.244 e. The van der Waals surface area contributed by atoms with Crippen molar-refractivity contribution < 1.29 is 14.0 Å². The highest BCUT2D eigenvalue weighted by molar-refractivity contribution is 5.88. The quantitative estimate of drug-likeness (QED) is 0.810. The number of carbonyl (C=O) groups is 2. The molecule has 0 aliphatic carbocycles. The predicted molar refractivity (Wildman–Crippen MR) is 74.2 cm³/mol. The standard InChI is InChI=1S/C14H20FN3O2/c1-9(2)18(3)8-12(19)17-13(14(16)20)10-4-6-11(15)7-5-10/h4-7,9,13H,8H2,1-3H3,(H2,16,20)(H,17,19). The van der Waals surface area contributed by atoms with E-state index in [-0.39, 0.29) is 18.5 Å². The monoisotopic (exact) mass is 281 g/mol. The van der Waals surface area contributed by atoms with E-state index in [0.717, 1.165) is 0 Å². The van der Waals surface area contributed by atoms with E-state index in [1.165, 1.54) is 24.3 Å². The van der Waals surface area contributed by atoms with Crippen LogP contribution < -0.4 is 11.1 Å². The fraction of sp³-hybridized carbons (Fsp3) is 0.429. The summed E-state index contributed by atoms with van der Waals surface area (Å²) in [6.45, 7) is 4.07. The number of primary amides is 1. The Morgan fingerprint density at radius 1 is 1.30 bits per heavy atom. The largest absolute Gasteiger partial charge is 0.368 e. The van der Waals surface area contributed by atoms with Crippen molar-refractivity contribution in [1.82, 2.24) is 10.2 Å². The predicted octanol–water partition coefficient (Wildman–Crippen LogP) is 0.809. The van der Waals surface area contributed by atoms with Crippen LogP contribution in [-0.4, -0.2) is 36.3 Å². The first-order valence-electron chi connectivity index (χ1n) is 6.35. The molecule has 0 saturated heterocycles. The van der Waals surface area contributed by atoms with Gasteiger partial charge in [-0.15, -0.1) is 0 Å². The second-order valence-corrected chi connectivity index (χ2v) is 4.96. The first kappa shape index (κ1) is 16.1. The number of hydrogen-bond donors (Lipinski definition) is 2. The highest BCUT2D eigenvalue weighted by atomic mass is 19.1. The van der Waals surface area contributed by atoms with Crippen LogP contribution in [0.1, 0.15) is 25.5 Å². The Bertz CT molecular complexity index is 474. The Labute approximate surface area is 117 Å². The second-order valence-electron chi connectivity index (χ2n) is 4.96. The molecule has 6 heteroatoms. The van der Waals surface area contributed by atoms with Gasteiger partial charge in [0.1, 0.15) is 11.9 Å². The summed E-state index contributed by atoms with van der Waals surface area (Å²) < 4.78 is 12.9. The van der Waals surface area contributed by atoms with Crippen molar-refractivity contribution in [3.8, 4) is 0 Å². The number of carbonyl (C=O) groups excluding carboxylic acids is 2. The summed E-state index contributed by atoms with van der Waals surface area (Å²) in [6, 6.07) is 4.55. The SMILES string of the molecule is CC(C)N(C)CC(=O)NC(C(N)=O)c1ccc(F)cc1. The zero-order valence-electron chi connectivity index (χ0n) is 11.9. The van der Waals surface area contributed by atoms with E-state index in [0.29, 0.717) is 5.56 Å². The molecule has 0 bridgehead atoms. The van der Waals surface area contributed by atoms with Gasteiger partial charge in [-0.2, -0.15) is 0 Å². The van der Waals surface area contributed by atoms with Gasteiger partial charge in [0.25, 0.3) is 0 Å². The number of rotatable bonds is 6. The Morgan fingerprint density at radius 3 is 2.30 bits per heavy atom. The number of hydrogen-bond acceptors (Lipinski definition) is 3. The molecule has 0 radical (unpaired) electrons. The fourth-order valence-electron chi connectivity index (χ4n) is 1.59. The molecule has 0 spiro atoms. The van der Waals surface area contributed by atoms with Gasteiger partial charge in [0, 0.05) is 6.04 Å². The van der Waals surface area contributed by atoms with Crippen LogP contribution in [-0.2, 0) is 9.59 Å². The third-order valence-corrected chi connectivity index (χ3v) is 3.07. The van der Waals surface area contributed by atoms with Crippen molar-refractivity contribution in [3.63, 3.8) is 0 Å². The Balaban J connectivity index is 2.76. The normalized spacial score (nSPS) is 12.5. The smallest absolute Gasteiger partial charge is 0.244 e. The van der Waals surface area contributed by atoms with Crippen LogP contribution in [0.2, 0.25) is 0 Å². The van der Waals surface area contributed by atoms with Crippen LogP contribution >= 0.6 is 0 Å². The van der Waals surface area contributed by atoms with Gasteiger partial charge >= 0.3 is 0 Å². The van der Waals surface area contributed by atoms with E-state index in [1.54, 1.807) is 7.05 Å². The minimum atomic E-state index is -0.955. The Hall–Kier alpha value is -1.95. The summed E-state index contributed by atoms with van der Waals surface area (Å²) in [5.41, 5.74) is 5.74. The molecule has 5 nitrogen and oxygen atoms in total. The van der Waals surface area contributed by atoms with Crippen molar-refractivity contribution in [1.29, 1.82) is 0 Å². The molecule has 0 aromatic heterocycles. The third-order valence-electron chi connectivity index (χ3n) is 3.07. The maximum absolute atomic E-state index is 12.9. The molecule has 0 aliphatic heterocycles. The molecule has 1 atom stereocenters. The van der Waals surface area contributed by atoms with Crippen LogP contribution in [0, 0.1) is 5.82 Å². The van der Waals surface area contributed by atoms with Crippen molar-refractivity contribution in [3.05, 3.63) is 35.6 Å². The number of nitrogens with one attached hydrogen (secondary N) is 1. The molecule has 0 fully saturated rings. The van der Waals surface area contributed by atoms with E-state index in [4.69, 9.17) is 5.73 Å². The number of benzene rings is 1. The average molecular weight is 281 g/mol. The molecule has 1 unspecified atom stereocenters. The van der Waals surface area contributed by atoms with Crippen molar-refractivity contribution in [2.75, 3.05) is 13.6 Å². The van der Waals surface area contributed by atoms with Crippen LogP contribution in [0.5, 0.6) is 0 Å². The van der Waals surface area contributed by atoms with Gasteiger partial charge in [-0.25, -0.2) is 4.39 Å². The molecule has 0 heterocycles. The van der Waals surface area contributed by atoms with E-state index in [2.05, 4.69) is 5.32 Å². The van der Waals surface area contributed by atoms with Gasteiger partial charge < -0.3 is 11.1 Å². The Morgan fingerprint density at radius 2 is 1.85 bits per heavy atom. The molecule has 1 aromatic carbocycles. The third kappa shape index (κ3) is 4.62. The summed E-state index contributed by atoms with van der Waals surface area (Å²) in [5.74, 6) is -1.41. The van der Waals surface area contributed by atoms with Crippen LogP contribution in [0.25, 0.3) is 0 Å². The highest BCUT2D eigenvalue weighted by Crippen LogP contribution is 2.13. The van der Waals surface area contributed by atoms with Crippen molar-refractivity contribution >= 4 is 11.8 Å². The fourth-order valence-corrected chi connectivity index (χ4v) is 1.59. The van der Waals surface area contributed by atoms with E-state index in [9.17, 15) is 14.0 Å². The van der Waals surface area contributed by atoms with Gasteiger partial charge in [0.05, 0.1) is 6.54 Å². The number of likely N-dealkylation sites (N-methyl/N-ethyl adjacent to an activating group) is 1. The maximum atomic E-state index is 12.9. The zero-order valence-corrected chi connectivity index (χ0v) is 11.9. The molecule has 3 N–H and O–H groups in total. The van der Waals surface area contributed by atoms with Gasteiger partial charge in [-0.1, -0.05) is 12.1 Å². The van der Waals surface area contributed by atoms with Gasteiger partial charge in [-0.3, -0.25) is 14.5 Å². The van der Waals surface area contributed by atoms with Crippen molar-refractivity contribution in [2.45, 2.75) is 25.9 Å². The first-order valence-corrected chi connectivity index (χ1v) is 6.35. The summed E-state index contributed by atoms with van der Waals surface area (Å²) in [6.07, 6.45) is 0. The number of nitrogens with zero attached hydrogens (tertiary/aromatic N) is 1. The lowest BCUT2D eigenvalue weighted by Crippen LogP contribution is -2.43. The molecule has 20 heavy (non-hydrogen) atoms. The Kier molecular flexibility index (Phi) is 5.64. The molecule has 1 aromatic rings. The molecule has 0 saturated carbocycles. The second kappa shape index (κ2) is 7.00.